The number of aliphatic hydroxyl groups is 4. The molecule has 3 saturated carbocycles. The molecule has 116 heavy (non-hydrogen) atoms. The van der Waals surface area contributed by atoms with Crippen molar-refractivity contribution in [1.82, 2.24) is 40.5 Å². The van der Waals surface area contributed by atoms with Crippen LogP contribution in [-0.4, -0.2) is 218 Å². The number of pyridine rings is 1. The topological polar surface area (TPSA) is 359 Å². The van der Waals surface area contributed by atoms with Gasteiger partial charge in [-0.1, -0.05) is 89.2 Å². The third kappa shape index (κ3) is 16.4. The molecule has 3 amide bonds. The van der Waals surface area contributed by atoms with Gasteiger partial charge in [0.1, 0.15) is 47.7 Å². The molecular formula is C87H111N9O19S. The van der Waals surface area contributed by atoms with Crippen LogP contribution in [0.1, 0.15) is 166 Å². The summed E-state index contributed by atoms with van der Waals surface area (Å²) in [6.07, 6.45) is -6.88. The number of hydrazine groups is 1. The van der Waals surface area contributed by atoms with E-state index in [-0.39, 0.29) is 72.6 Å². The summed E-state index contributed by atoms with van der Waals surface area (Å²) in [5.41, 5.74) is 2.72. The molecule has 29 heteroatoms. The van der Waals surface area contributed by atoms with Gasteiger partial charge in [0.2, 0.25) is 5.91 Å². The molecule has 3 saturated heterocycles. The number of cyclic esters (lactones) is 1. The predicted octanol–water partition coefficient (Wildman–Crippen LogP) is 8.87. The molecule has 16 atom stereocenters. The molecule has 4 aliphatic carbocycles. The van der Waals surface area contributed by atoms with Crippen LogP contribution in [-0.2, 0) is 81.3 Å². The number of thiazole rings is 1. The Morgan fingerprint density at radius 1 is 0.897 bits per heavy atom. The Kier molecular flexibility index (Phi) is 24.2. The van der Waals surface area contributed by atoms with Gasteiger partial charge in [0.25, 0.3) is 5.91 Å². The Morgan fingerprint density at radius 2 is 1.59 bits per heavy atom. The quantitative estimate of drug-likeness (QED) is 0.0286. The Hall–Kier alpha value is -9.04. The van der Waals surface area contributed by atoms with Crippen LogP contribution < -0.4 is 21.0 Å². The second-order valence-electron chi connectivity index (χ2n) is 35.1. The summed E-state index contributed by atoms with van der Waals surface area (Å²) in [6.45, 7) is 27.5. The maximum atomic E-state index is 14.9. The van der Waals surface area contributed by atoms with Gasteiger partial charge in [-0.3, -0.25) is 34.0 Å². The van der Waals surface area contributed by atoms with Gasteiger partial charge in [-0.15, -0.1) is 11.3 Å². The van der Waals surface area contributed by atoms with Gasteiger partial charge in [-0.25, -0.2) is 24.8 Å². The van der Waals surface area contributed by atoms with Crippen molar-refractivity contribution in [2.24, 2.45) is 34.0 Å². The van der Waals surface area contributed by atoms with Crippen molar-refractivity contribution >= 4 is 75.5 Å². The average Bonchev–Trinajstić information content (AvgIpc) is 0.729. The zero-order chi connectivity index (χ0) is 83.6. The van der Waals surface area contributed by atoms with Crippen molar-refractivity contribution in [1.29, 1.82) is 0 Å². The van der Waals surface area contributed by atoms with Crippen LogP contribution in [0.15, 0.2) is 108 Å². The number of amides is 3. The van der Waals surface area contributed by atoms with E-state index >= 15 is 0 Å². The molecule has 6 fully saturated rings. The molecule has 4 aliphatic heterocycles. The number of nitrogens with one attached hydrogen (secondary N) is 3. The number of anilines is 1. The highest BCUT2D eigenvalue weighted by atomic mass is 32.1. The van der Waals surface area contributed by atoms with Crippen molar-refractivity contribution in [3.63, 3.8) is 0 Å². The van der Waals surface area contributed by atoms with E-state index in [0.717, 1.165) is 101 Å². The van der Waals surface area contributed by atoms with Crippen LogP contribution in [0, 0.1) is 34.0 Å². The van der Waals surface area contributed by atoms with Gasteiger partial charge in [0, 0.05) is 117 Å². The second kappa shape index (κ2) is 33.0. The number of esters is 4. The molecule has 6 aromatic rings. The number of carbonyl (C=O) groups excluding carboxylic acids is 8. The number of hydrogen-bond acceptors (Lipinski definition) is 25. The summed E-state index contributed by atoms with van der Waals surface area (Å²) in [6, 6.07) is 22.0. The first-order valence-corrected chi connectivity index (χ1v) is 41.2. The van der Waals surface area contributed by atoms with Gasteiger partial charge in [0.15, 0.2) is 17.5 Å². The zero-order valence-electron chi connectivity index (χ0n) is 68.9. The van der Waals surface area contributed by atoms with Crippen molar-refractivity contribution in [3.8, 4) is 22.5 Å². The molecule has 3 aromatic carbocycles. The van der Waals surface area contributed by atoms with E-state index in [2.05, 4.69) is 82.5 Å². The number of Topliss-reactive ketones (excluding diaryl/α,β-unsaturated/α-hetero) is 1. The number of piperazine rings is 1. The first-order valence-electron chi connectivity index (χ1n) is 40.3. The molecule has 0 spiro atoms. The van der Waals surface area contributed by atoms with E-state index in [1.807, 2.05) is 25.4 Å². The van der Waals surface area contributed by atoms with Crippen molar-refractivity contribution < 1.29 is 91.9 Å². The Morgan fingerprint density at radius 3 is 2.22 bits per heavy atom. The number of likely N-dealkylation sites (N-methyl/N-ethyl adjacent to an activating group) is 1. The molecule has 7 heterocycles. The summed E-state index contributed by atoms with van der Waals surface area (Å²) in [5, 5.41) is 60.0. The second-order valence-corrected chi connectivity index (χ2v) is 36.1. The van der Waals surface area contributed by atoms with Crippen molar-refractivity contribution in [2.45, 2.75) is 219 Å². The number of ketones is 1. The largest absolute Gasteiger partial charge is 0.464 e. The Labute approximate surface area is 680 Å². The Bertz CT molecular complexity index is 4760. The van der Waals surface area contributed by atoms with E-state index in [1.54, 1.807) is 90.3 Å². The molecule has 28 nitrogen and oxygen atoms in total. The zero-order valence-corrected chi connectivity index (χ0v) is 69.7. The number of aromatic nitrogens is 3. The third-order valence-corrected chi connectivity index (χ3v) is 26.0. The number of methoxy groups -OCH3 is 1. The molecule has 7 N–H and O–H groups in total. The maximum absolute atomic E-state index is 14.9. The van der Waals surface area contributed by atoms with E-state index in [4.69, 9.17) is 43.1 Å². The van der Waals surface area contributed by atoms with Crippen molar-refractivity contribution in [3.05, 3.63) is 135 Å². The SMILES string of the molecule is CC(=O)OC12COC1CC(O)C1(C)C(=O)C(O)C3=C(C)C(OC(=O)C(O)C(NC(=O)OC(C)(C)C)c4ccccc4)CC(O)(C(OC(=O)c4ccccc4)C21)C3(C)C.CCn1c(-c2cc(N3CCN(C)CC3)cnc2C(C)OC)c2c3cc(ccc31)-c1csc(n1)CC(NC(=O)C1CC1C)C(=O)N1CCCC(N1)C(=O)OCC(C)(C)C2. The van der Waals surface area contributed by atoms with Gasteiger partial charge in [0.05, 0.1) is 82.3 Å². The van der Waals surface area contributed by atoms with Crippen LogP contribution in [0.3, 0.4) is 0 Å². The number of hydrogen-bond donors (Lipinski definition) is 7. The molecular weight excluding hydrogens is 1510 g/mol. The highest BCUT2D eigenvalue weighted by molar-refractivity contribution is 7.10. The monoisotopic (exact) mass is 1620 g/mol. The number of fused-ring (bicyclic) bond motifs is 11. The Balaban J connectivity index is 0.000000202. The molecule has 624 valence electrons. The van der Waals surface area contributed by atoms with Crippen LogP contribution >= 0.6 is 11.3 Å². The molecule has 0 radical (unpaired) electrons. The van der Waals surface area contributed by atoms with Crippen LogP contribution in [0.5, 0.6) is 0 Å². The fraction of sp³-hybridized carbons (Fsp3) is 0.563. The molecule has 8 bridgehead atoms. The molecule has 16 unspecified atom stereocenters. The van der Waals surface area contributed by atoms with Crippen molar-refractivity contribution in [2.75, 3.05) is 65.0 Å². The number of benzene rings is 3. The highest BCUT2D eigenvalue weighted by Crippen LogP contribution is 2.64. The third-order valence-electron chi connectivity index (χ3n) is 25.1. The minimum Gasteiger partial charge on any atom is -0.464 e. The minimum absolute atomic E-state index is 0.0637. The first kappa shape index (κ1) is 84.9. The number of nitrogens with zero attached hydrogens (tertiary/aromatic N) is 6. The fourth-order valence-electron chi connectivity index (χ4n) is 18.4. The lowest BCUT2D eigenvalue weighted by Crippen LogP contribution is -2.81. The first-order chi connectivity index (χ1) is 54.8. The maximum Gasteiger partial charge on any atom is 0.408 e. The minimum atomic E-state index is -2.35. The molecule has 3 aromatic heterocycles. The van der Waals surface area contributed by atoms with Gasteiger partial charge in [-0.05, 0) is 140 Å². The van der Waals surface area contributed by atoms with E-state index in [0.29, 0.717) is 37.3 Å². The van der Waals surface area contributed by atoms with Crippen LogP contribution in [0.25, 0.3) is 33.4 Å². The number of carbonyl (C=O) groups is 8. The van der Waals surface area contributed by atoms with E-state index in [1.165, 1.54) is 42.3 Å². The van der Waals surface area contributed by atoms with Gasteiger partial charge < -0.3 is 78.6 Å². The number of aliphatic hydroxyl groups excluding tert-OH is 3. The predicted molar refractivity (Wildman–Crippen MR) is 430 cm³/mol. The summed E-state index contributed by atoms with van der Waals surface area (Å²) < 4.78 is 44.0. The van der Waals surface area contributed by atoms with Gasteiger partial charge >= 0.3 is 30.0 Å². The van der Waals surface area contributed by atoms with Crippen LogP contribution in [0.4, 0.5) is 10.5 Å². The normalized spacial score (nSPS) is 29.2. The highest BCUT2D eigenvalue weighted by Gasteiger charge is 2.78. The average molecular weight is 1620 g/mol. The number of ether oxygens (including phenoxy) is 7. The van der Waals surface area contributed by atoms with Crippen LogP contribution in [0.2, 0.25) is 0 Å². The summed E-state index contributed by atoms with van der Waals surface area (Å²) in [7, 11) is 3.89. The van der Waals surface area contributed by atoms with E-state index < -0.39 is 130 Å². The number of aryl methyl sites for hydroxylation is 1. The summed E-state index contributed by atoms with van der Waals surface area (Å²) >= 11 is 1.49. The van der Waals surface area contributed by atoms with E-state index in [9.17, 15) is 58.8 Å². The lowest BCUT2D eigenvalue weighted by molar-refractivity contribution is -0.346. The lowest BCUT2D eigenvalue weighted by Gasteiger charge is -2.67. The fourth-order valence-corrected chi connectivity index (χ4v) is 19.2. The smallest absolute Gasteiger partial charge is 0.408 e. The summed E-state index contributed by atoms with van der Waals surface area (Å²) in [4.78, 5) is 125. The van der Waals surface area contributed by atoms with Gasteiger partial charge in [-0.2, -0.15) is 0 Å². The summed E-state index contributed by atoms with van der Waals surface area (Å²) in [5.74, 6) is -5.92. The lowest BCUT2D eigenvalue weighted by atomic mass is 9.44. The molecule has 8 aliphatic rings. The molecule has 14 rings (SSSR count). The standard InChI is InChI=1S/C44H58N8O5S.C43H53NO14/c1-8-51-37-12-11-28-19-31(37)33(40(51)32-20-29(23-45-39(32)27(3)56-7)50-16-14-49(6)15-17-50)22-44(4,5)25-57-43(55)34-10-9-13-52(48-34)42(54)35(21-38-46-36(28)24-58-38)47-41(53)30-18-26(30)2;1-22-26(55-37(51)32(48)30(24-15-11-9-12-16-24)44-38(52)58-39(3,4)5)20-43(53)35(56-36(50)25-17-13-10-14-18-25)33-41(8,34(49)31(47)29(22)40(43,6)7)27(46)19-28-42(33,21-54-28)57-23(2)45/h11-12,19-20,23-24,26-27,30,34-35,48H,8-10,13-18,21-22,25H2,1-7H3,(H,47,53);9-18,26-28,30-33,35,46-48,53H,19-21H2,1-8H3,(H,44,52). The number of rotatable bonds is 15. The number of alkyl carbamates (subject to hydrolysis) is 1.